The van der Waals surface area contributed by atoms with E-state index < -0.39 is 0 Å². The molecule has 0 unspecified atom stereocenters. The number of ether oxygens (including phenoxy) is 1. The third-order valence-electron chi connectivity index (χ3n) is 3.44. The van der Waals surface area contributed by atoms with Crippen LogP contribution in [0, 0.1) is 0 Å². The Morgan fingerprint density at radius 1 is 1.22 bits per heavy atom. The van der Waals surface area contributed by atoms with Crippen molar-refractivity contribution >= 4 is 11.6 Å². The van der Waals surface area contributed by atoms with Crippen molar-refractivity contribution in [3.8, 4) is 5.75 Å². The lowest BCUT2D eigenvalue weighted by Crippen LogP contribution is -2.33. The largest absolute Gasteiger partial charge is 0.495 e. The Bertz CT molecular complexity index is 617. The molecular weight excluding hydrogens is 290 g/mol. The number of hydrogen-bond acceptors (Lipinski definition) is 4. The average Bonchev–Trinajstić information content (AvgIpc) is 2.56. The molecule has 0 saturated heterocycles. The summed E-state index contributed by atoms with van der Waals surface area (Å²) < 4.78 is 5.26. The van der Waals surface area contributed by atoms with Gasteiger partial charge in [-0.15, -0.1) is 0 Å². The third-order valence-corrected chi connectivity index (χ3v) is 3.44. The van der Waals surface area contributed by atoms with Crippen LogP contribution in [0.15, 0.2) is 48.8 Å². The van der Waals surface area contributed by atoms with Gasteiger partial charge in [-0.2, -0.15) is 0 Å². The van der Waals surface area contributed by atoms with Crippen LogP contribution in [0.2, 0.25) is 0 Å². The van der Waals surface area contributed by atoms with Gasteiger partial charge in [0, 0.05) is 18.9 Å². The number of para-hydroxylation sites is 2. The van der Waals surface area contributed by atoms with E-state index in [2.05, 4.69) is 22.1 Å². The van der Waals surface area contributed by atoms with Crippen molar-refractivity contribution in [1.29, 1.82) is 0 Å². The van der Waals surface area contributed by atoms with Gasteiger partial charge < -0.3 is 10.1 Å². The number of carbonyl (C=O) groups excluding carboxylic acids is 1. The molecule has 2 aromatic rings. The smallest absolute Gasteiger partial charge is 0.238 e. The molecule has 1 heterocycles. The van der Waals surface area contributed by atoms with Gasteiger partial charge >= 0.3 is 0 Å². The van der Waals surface area contributed by atoms with Crippen molar-refractivity contribution < 1.29 is 9.53 Å². The highest BCUT2D eigenvalue weighted by Crippen LogP contribution is 2.22. The van der Waals surface area contributed by atoms with E-state index >= 15 is 0 Å². The molecule has 1 N–H and O–H groups in total. The van der Waals surface area contributed by atoms with E-state index in [0.717, 1.165) is 25.1 Å². The van der Waals surface area contributed by atoms with E-state index in [-0.39, 0.29) is 5.91 Å². The first-order valence-corrected chi connectivity index (χ1v) is 7.77. The molecule has 0 radical (unpaired) electrons. The van der Waals surface area contributed by atoms with Crippen LogP contribution >= 0.6 is 0 Å². The predicted octanol–water partition coefficient (Wildman–Crippen LogP) is 2.94. The predicted molar refractivity (Wildman–Crippen MR) is 91.4 cm³/mol. The SMILES string of the molecule is CCCN(CC(=O)Nc1ccccc1OC)Cc1ccncc1. The average molecular weight is 313 g/mol. The maximum Gasteiger partial charge on any atom is 0.238 e. The maximum absolute atomic E-state index is 12.3. The molecule has 5 nitrogen and oxygen atoms in total. The van der Waals surface area contributed by atoms with Gasteiger partial charge in [-0.25, -0.2) is 0 Å². The summed E-state index contributed by atoms with van der Waals surface area (Å²) in [5.74, 6) is 0.619. The quantitative estimate of drug-likeness (QED) is 0.814. The summed E-state index contributed by atoms with van der Waals surface area (Å²) in [6, 6.07) is 11.4. The molecule has 0 spiro atoms. The molecule has 23 heavy (non-hydrogen) atoms. The number of rotatable bonds is 8. The maximum atomic E-state index is 12.3. The fourth-order valence-electron chi connectivity index (χ4n) is 2.42. The van der Waals surface area contributed by atoms with Crippen molar-refractivity contribution in [3.05, 3.63) is 54.4 Å². The van der Waals surface area contributed by atoms with E-state index in [0.29, 0.717) is 18.0 Å². The Balaban J connectivity index is 1.97. The van der Waals surface area contributed by atoms with E-state index in [9.17, 15) is 4.79 Å². The summed E-state index contributed by atoms with van der Waals surface area (Å²) in [5, 5.41) is 2.92. The van der Waals surface area contributed by atoms with Crippen LogP contribution < -0.4 is 10.1 Å². The van der Waals surface area contributed by atoms with Crippen LogP contribution in [0.25, 0.3) is 0 Å². The van der Waals surface area contributed by atoms with E-state index in [1.807, 2.05) is 36.4 Å². The molecule has 0 aliphatic rings. The Labute approximate surface area is 137 Å². The molecular formula is C18H23N3O2. The molecule has 0 fully saturated rings. The zero-order chi connectivity index (χ0) is 16.5. The topological polar surface area (TPSA) is 54.5 Å². The summed E-state index contributed by atoms with van der Waals surface area (Å²) in [4.78, 5) is 18.5. The van der Waals surface area contributed by atoms with Crippen molar-refractivity contribution in [1.82, 2.24) is 9.88 Å². The van der Waals surface area contributed by atoms with Crippen LogP contribution in [-0.4, -0.2) is 36.0 Å². The van der Waals surface area contributed by atoms with E-state index in [1.54, 1.807) is 19.5 Å². The minimum atomic E-state index is -0.0444. The monoisotopic (exact) mass is 313 g/mol. The number of hydrogen-bond donors (Lipinski definition) is 1. The number of anilines is 1. The standard InChI is InChI=1S/C18H23N3O2/c1-3-12-21(13-15-8-10-19-11-9-15)14-18(22)20-16-6-4-5-7-17(16)23-2/h4-11H,3,12-14H2,1-2H3,(H,20,22). The zero-order valence-corrected chi connectivity index (χ0v) is 13.7. The lowest BCUT2D eigenvalue weighted by atomic mass is 10.2. The highest BCUT2D eigenvalue weighted by Gasteiger charge is 2.12. The molecule has 1 aromatic carbocycles. The van der Waals surface area contributed by atoms with Gasteiger partial charge in [-0.1, -0.05) is 19.1 Å². The highest BCUT2D eigenvalue weighted by atomic mass is 16.5. The fourth-order valence-corrected chi connectivity index (χ4v) is 2.42. The fraction of sp³-hybridized carbons (Fsp3) is 0.333. The van der Waals surface area contributed by atoms with Crippen LogP contribution in [0.1, 0.15) is 18.9 Å². The molecule has 0 bridgehead atoms. The Morgan fingerprint density at radius 2 is 1.96 bits per heavy atom. The van der Waals surface area contributed by atoms with Gasteiger partial charge in [0.05, 0.1) is 19.3 Å². The molecule has 0 atom stereocenters. The highest BCUT2D eigenvalue weighted by molar-refractivity contribution is 5.93. The molecule has 0 aliphatic heterocycles. The van der Waals surface area contributed by atoms with Gasteiger partial charge in [0.25, 0.3) is 0 Å². The molecule has 1 amide bonds. The van der Waals surface area contributed by atoms with Crippen molar-refractivity contribution in [3.63, 3.8) is 0 Å². The van der Waals surface area contributed by atoms with Gasteiger partial charge in [0.15, 0.2) is 0 Å². The van der Waals surface area contributed by atoms with Crippen molar-refractivity contribution in [2.75, 3.05) is 25.5 Å². The second-order valence-corrected chi connectivity index (χ2v) is 5.31. The second-order valence-electron chi connectivity index (χ2n) is 5.31. The van der Waals surface area contributed by atoms with Crippen molar-refractivity contribution in [2.45, 2.75) is 19.9 Å². The van der Waals surface area contributed by atoms with Crippen LogP contribution in [-0.2, 0) is 11.3 Å². The summed E-state index contributed by atoms with van der Waals surface area (Å²) >= 11 is 0. The number of pyridine rings is 1. The number of nitrogens with zero attached hydrogens (tertiary/aromatic N) is 2. The Hall–Kier alpha value is -2.40. The number of carbonyl (C=O) groups is 1. The summed E-state index contributed by atoms with van der Waals surface area (Å²) in [7, 11) is 1.60. The molecule has 2 rings (SSSR count). The summed E-state index contributed by atoms with van der Waals surface area (Å²) in [6.07, 6.45) is 4.54. The minimum absolute atomic E-state index is 0.0444. The van der Waals surface area contributed by atoms with Crippen LogP contribution in [0.5, 0.6) is 5.75 Å². The summed E-state index contributed by atoms with van der Waals surface area (Å²) in [6.45, 7) is 4.04. The Morgan fingerprint density at radius 3 is 2.65 bits per heavy atom. The third kappa shape index (κ3) is 5.38. The van der Waals surface area contributed by atoms with Gasteiger partial charge in [-0.3, -0.25) is 14.7 Å². The number of benzene rings is 1. The van der Waals surface area contributed by atoms with E-state index in [4.69, 9.17) is 4.74 Å². The first kappa shape index (κ1) is 17.0. The molecule has 5 heteroatoms. The lowest BCUT2D eigenvalue weighted by Gasteiger charge is -2.21. The molecule has 1 aromatic heterocycles. The zero-order valence-electron chi connectivity index (χ0n) is 13.7. The summed E-state index contributed by atoms with van der Waals surface area (Å²) in [5.41, 5.74) is 1.85. The van der Waals surface area contributed by atoms with Crippen LogP contribution in [0.3, 0.4) is 0 Å². The van der Waals surface area contributed by atoms with Gasteiger partial charge in [-0.05, 0) is 42.8 Å². The van der Waals surface area contributed by atoms with Crippen molar-refractivity contribution in [2.24, 2.45) is 0 Å². The van der Waals surface area contributed by atoms with E-state index in [1.165, 1.54) is 0 Å². The normalized spacial score (nSPS) is 10.6. The Kier molecular flexibility index (Phi) is 6.56. The van der Waals surface area contributed by atoms with Gasteiger partial charge in [0.1, 0.15) is 5.75 Å². The second kappa shape index (κ2) is 8.90. The molecule has 0 aliphatic carbocycles. The first-order chi connectivity index (χ1) is 11.2. The number of amides is 1. The minimum Gasteiger partial charge on any atom is -0.495 e. The molecule has 122 valence electrons. The number of methoxy groups -OCH3 is 1. The number of nitrogens with one attached hydrogen (secondary N) is 1. The lowest BCUT2D eigenvalue weighted by molar-refractivity contribution is -0.117. The first-order valence-electron chi connectivity index (χ1n) is 7.77. The number of aromatic nitrogens is 1. The van der Waals surface area contributed by atoms with Crippen LogP contribution in [0.4, 0.5) is 5.69 Å². The molecule has 0 saturated carbocycles. The van der Waals surface area contributed by atoms with Gasteiger partial charge in [0.2, 0.25) is 5.91 Å².